The number of alkyl halides is 2. The summed E-state index contributed by atoms with van der Waals surface area (Å²) in [4.78, 5) is 33.0. The van der Waals surface area contributed by atoms with Crippen molar-refractivity contribution < 1.29 is 32.6 Å². The van der Waals surface area contributed by atoms with E-state index in [0.717, 1.165) is 6.42 Å². The molecule has 0 spiro atoms. The Balaban J connectivity index is 0.000000231. The summed E-state index contributed by atoms with van der Waals surface area (Å²) in [5.41, 5.74) is 0. The van der Waals surface area contributed by atoms with Gasteiger partial charge in [-0.05, 0) is 33.1 Å². The highest BCUT2D eigenvalue weighted by Gasteiger charge is 2.43. The molecule has 2 rings (SSSR count). The maximum atomic E-state index is 12.6. The third-order valence-corrected chi connectivity index (χ3v) is 3.90. The summed E-state index contributed by atoms with van der Waals surface area (Å²) in [6.45, 7) is 4.05. The van der Waals surface area contributed by atoms with E-state index in [1.54, 1.807) is 13.8 Å². The zero-order valence-corrected chi connectivity index (χ0v) is 13.6. The molecule has 2 saturated carbocycles. The van der Waals surface area contributed by atoms with E-state index in [2.05, 4.69) is 4.74 Å². The van der Waals surface area contributed by atoms with Crippen molar-refractivity contribution in [2.45, 2.75) is 58.3 Å². The third-order valence-electron chi connectivity index (χ3n) is 3.90. The molecule has 0 saturated heterocycles. The van der Waals surface area contributed by atoms with E-state index in [4.69, 9.17) is 4.74 Å². The molecule has 0 aromatic heterocycles. The summed E-state index contributed by atoms with van der Waals surface area (Å²) in [7, 11) is 0. The molecule has 2 unspecified atom stereocenters. The highest BCUT2D eigenvalue weighted by Crippen LogP contribution is 2.39. The molecule has 0 aromatic rings. The van der Waals surface area contributed by atoms with Crippen LogP contribution < -0.4 is 0 Å². The Kier molecular flexibility index (Phi) is 7.58. The molecular weight excluding hydrogens is 310 g/mol. The molecule has 0 aliphatic heterocycles. The fourth-order valence-corrected chi connectivity index (χ4v) is 2.72. The molecule has 0 aromatic carbocycles. The molecule has 23 heavy (non-hydrogen) atoms. The minimum absolute atomic E-state index is 0.0449. The quantitative estimate of drug-likeness (QED) is 0.584. The minimum atomic E-state index is -2.66. The SMILES string of the molecule is CCOC(=O)C1CCC(F)(F)C1.CCOC(=O)C1CCCC1=O. The third kappa shape index (κ3) is 6.23. The van der Waals surface area contributed by atoms with Crippen molar-refractivity contribution in [2.24, 2.45) is 11.8 Å². The Morgan fingerprint density at radius 2 is 1.74 bits per heavy atom. The number of carbonyl (C=O) groups is 3. The summed E-state index contributed by atoms with van der Waals surface area (Å²) in [6, 6.07) is 0. The number of hydrogen-bond donors (Lipinski definition) is 0. The summed E-state index contributed by atoms with van der Waals surface area (Å²) in [5.74, 6) is -4.46. The zero-order valence-electron chi connectivity index (χ0n) is 13.6. The summed E-state index contributed by atoms with van der Waals surface area (Å²) in [6.07, 6.45) is 1.79. The summed E-state index contributed by atoms with van der Waals surface area (Å²) in [5, 5.41) is 0. The van der Waals surface area contributed by atoms with Crippen molar-refractivity contribution in [3.63, 3.8) is 0 Å². The molecule has 0 N–H and O–H groups in total. The molecule has 0 bridgehead atoms. The first-order chi connectivity index (χ1) is 10.8. The van der Waals surface area contributed by atoms with Gasteiger partial charge in [0.25, 0.3) is 0 Å². The Labute approximate surface area is 134 Å². The second kappa shape index (κ2) is 8.93. The van der Waals surface area contributed by atoms with Crippen LogP contribution in [0.3, 0.4) is 0 Å². The zero-order chi connectivity index (χ0) is 17.5. The van der Waals surface area contributed by atoms with Crippen LogP contribution in [0.5, 0.6) is 0 Å². The van der Waals surface area contributed by atoms with Crippen molar-refractivity contribution in [3.8, 4) is 0 Å². The van der Waals surface area contributed by atoms with Crippen LogP contribution >= 0.6 is 0 Å². The van der Waals surface area contributed by atoms with Gasteiger partial charge in [-0.1, -0.05) is 0 Å². The standard InChI is InChI=1S/C8H12F2O2.C8H12O3/c1-2-12-7(11)6-3-4-8(9,10)5-6;1-2-11-8(10)6-4-3-5-7(6)9/h6H,2-5H2,1H3;6H,2-5H2,1H3. The first kappa shape index (κ1) is 19.5. The molecule has 0 amide bonds. The van der Waals surface area contributed by atoms with Gasteiger partial charge >= 0.3 is 11.9 Å². The maximum Gasteiger partial charge on any atom is 0.316 e. The first-order valence-corrected chi connectivity index (χ1v) is 8.04. The van der Waals surface area contributed by atoms with Crippen LogP contribution in [0.2, 0.25) is 0 Å². The highest BCUT2D eigenvalue weighted by molar-refractivity contribution is 6.00. The monoisotopic (exact) mass is 334 g/mol. The van der Waals surface area contributed by atoms with Gasteiger partial charge in [-0.2, -0.15) is 0 Å². The molecular formula is C16H24F2O5. The van der Waals surface area contributed by atoms with Crippen LogP contribution in [0.4, 0.5) is 8.78 Å². The van der Waals surface area contributed by atoms with E-state index in [9.17, 15) is 23.2 Å². The van der Waals surface area contributed by atoms with Gasteiger partial charge in [-0.25, -0.2) is 8.78 Å². The maximum absolute atomic E-state index is 12.6. The summed E-state index contributed by atoms with van der Waals surface area (Å²) >= 11 is 0. The van der Waals surface area contributed by atoms with Crippen LogP contribution in [-0.2, 0) is 23.9 Å². The second-order valence-electron chi connectivity index (χ2n) is 5.71. The van der Waals surface area contributed by atoms with E-state index >= 15 is 0 Å². The molecule has 7 heteroatoms. The van der Waals surface area contributed by atoms with Gasteiger partial charge < -0.3 is 9.47 Å². The molecule has 2 aliphatic carbocycles. The number of carbonyl (C=O) groups excluding carboxylic acids is 3. The Morgan fingerprint density at radius 3 is 2.17 bits per heavy atom. The van der Waals surface area contributed by atoms with Crippen LogP contribution in [0.25, 0.3) is 0 Å². The van der Waals surface area contributed by atoms with E-state index in [1.807, 2.05) is 0 Å². The number of ether oxygens (including phenoxy) is 2. The van der Waals surface area contributed by atoms with Crippen LogP contribution in [0, 0.1) is 11.8 Å². The predicted molar refractivity (Wildman–Crippen MR) is 77.9 cm³/mol. The Hall–Kier alpha value is -1.53. The minimum Gasteiger partial charge on any atom is -0.466 e. The van der Waals surface area contributed by atoms with Crippen molar-refractivity contribution in [1.82, 2.24) is 0 Å². The average molecular weight is 334 g/mol. The van der Waals surface area contributed by atoms with Gasteiger partial charge in [0.15, 0.2) is 0 Å². The van der Waals surface area contributed by atoms with Gasteiger partial charge in [0.1, 0.15) is 11.7 Å². The topological polar surface area (TPSA) is 69.7 Å². The highest BCUT2D eigenvalue weighted by atomic mass is 19.3. The smallest absolute Gasteiger partial charge is 0.316 e. The van der Waals surface area contributed by atoms with Gasteiger partial charge in [-0.3, -0.25) is 14.4 Å². The molecule has 0 radical (unpaired) electrons. The van der Waals surface area contributed by atoms with E-state index in [1.165, 1.54) is 0 Å². The first-order valence-electron chi connectivity index (χ1n) is 8.04. The second-order valence-corrected chi connectivity index (χ2v) is 5.71. The average Bonchev–Trinajstić information content (AvgIpc) is 3.06. The van der Waals surface area contributed by atoms with E-state index in [0.29, 0.717) is 19.4 Å². The van der Waals surface area contributed by atoms with Crippen molar-refractivity contribution in [1.29, 1.82) is 0 Å². The number of esters is 2. The van der Waals surface area contributed by atoms with Crippen molar-refractivity contribution in [3.05, 3.63) is 0 Å². The van der Waals surface area contributed by atoms with Crippen LogP contribution in [0.15, 0.2) is 0 Å². The molecule has 2 fully saturated rings. The van der Waals surface area contributed by atoms with Gasteiger partial charge in [0, 0.05) is 19.3 Å². The number of hydrogen-bond acceptors (Lipinski definition) is 5. The molecule has 2 atom stereocenters. The fraction of sp³-hybridized carbons (Fsp3) is 0.812. The number of Topliss-reactive ketones (excluding diaryl/α,β-unsaturated/α-hetero) is 1. The largest absolute Gasteiger partial charge is 0.466 e. The molecule has 2 aliphatic rings. The number of ketones is 1. The van der Waals surface area contributed by atoms with Gasteiger partial charge in [0.2, 0.25) is 5.92 Å². The van der Waals surface area contributed by atoms with Gasteiger partial charge in [-0.15, -0.1) is 0 Å². The van der Waals surface area contributed by atoms with Crippen molar-refractivity contribution in [2.75, 3.05) is 13.2 Å². The fourth-order valence-electron chi connectivity index (χ4n) is 2.72. The number of rotatable bonds is 4. The van der Waals surface area contributed by atoms with Gasteiger partial charge in [0.05, 0.1) is 19.1 Å². The number of halogens is 2. The summed E-state index contributed by atoms with van der Waals surface area (Å²) < 4.78 is 34.6. The van der Waals surface area contributed by atoms with Crippen molar-refractivity contribution >= 4 is 17.7 Å². The van der Waals surface area contributed by atoms with Crippen LogP contribution in [-0.4, -0.2) is 36.9 Å². The van der Waals surface area contributed by atoms with Crippen LogP contribution in [0.1, 0.15) is 52.4 Å². The van der Waals surface area contributed by atoms with E-state index < -0.39 is 23.7 Å². The molecule has 5 nitrogen and oxygen atoms in total. The Morgan fingerprint density at radius 1 is 1.13 bits per heavy atom. The van der Waals surface area contributed by atoms with E-state index in [-0.39, 0.29) is 37.6 Å². The normalized spacial score (nSPS) is 25.5. The lowest BCUT2D eigenvalue weighted by atomic mass is 10.1. The lowest BCUT2D eigenvalue weighted by Crippen LogP contribution is -2.21. The Bertz CT molecular complexity index is 436. The predicted octanol–water partition coefficient (Wildman–Crippen LogP) is 2.90. The lowest BCUT2D eigenvalue weighted by molar-refractivity contribution is -0.150. The molecule has 132 valence electrons. The molecule has 0 heterocycles. The lowest BCUT2D eigenvalue weighted by Gasteiger charge is -2.08.